The molecule has 1 aliphatic heterocycles. The van der Waals surface area contributed by atoms with Crippen LogP contribution in [0.1, 0.15) is 11.1 Å². The molecule has 1 heterocycles. The van der Waals surface area contributed by atoms with E-state index in [2.05, 4.69) is 4.74 Å². The molecule has 0 amide bonds. The lowest BCUT2D eigenvalue weighted by Gasteiger charge is -2.10. The molecule has 90 valence electrons. The molecule has 0 aromatic heterocycles. The first kappa shape index (κ1) is 11.9. The Kier molecular flexibility index (Phi) is 3.35. The van der Waals surface area contributed by atoms with Crippen molar-refractivity contribution in [2.75, 3.05) is 13.7 Å². The maximum Gasteiger partial charge on any atom is 0.492 e. The third-order valence-corrected chi connectivity index (χ3v) is 2.73. The Balaban J connectivity index is 2.36. The van der Waals surface area contributed by atoms with Gasteiger partial charge in [0, 0.05) is 11.9 Å². The van der Waals surface area contributed by atoms with Crippen molar-refractivity contribution in [1.82, 2.24) is 0 Å². The van der Waals surface area contributed by atoms with Crippen molar-refractivity contribution < 1.29 is 24.3 Å². The molecule has 1 aromatic rings. The number of fused-ring (bicyclic) bond motifs is 1. The Morgan fingerprint density at radius 2 is 2.29 bits per heavy atom. The van der Waals surface area contributed by atoms with Crippen molar-refractivity contribution >= 4 is 18.6 Å². The van der Waals surface area contributed by atoms with Gasteiger partial charge in [-0.05, 0) is 11.1 Å². The van der Waals surface area contributed by atoms with Crippen molar-refractivity contribution in [2.45, 2.75) is 12.8 Å². The standard InChI is InChI=1S/C11H13BO5/c1-16-10(13)6-7-4-8-2-3-17-11(8)9(5-7)12(14)15/h4-5,14-15H,2-3,6H2,1H3. The molecule has 0 saturated carbocycles. The zero-order valence-electron chi connectivity index (χ0n) is 9.47. The maximum absolute atomic E-state index is 11.2. The minimum atomic E-state index is -1.60. The predicted molar refractivity (Wildman–Crippen MR) is 61.2 cm³/mol. The van der Waals surface area contributed by atoms with Crippen LogP contribution in [0.4, 0.5) is 0 Å². The molecular formula is C11H13BO5. The number of hydrogen-bond acceptors (Lipinski definition) is 5. The van der Waals surface area contributed by atoms with Crippen LogP contribution in [0.15, 0.2) is 12.1 Å². The molecule has 0 spiro atoms. The molecule has 17 heavy (non-hydrogen) atoms. The Labute approximate surface area is 99.1 Å². The summed E-state index contributed by atoms with van der Waals surface area (Å²) in [6, 6.07) is 3.40. The predicted octanol–water partition coefficient (Wildman–Crippen LogP) is -0.983. The fourth-order valence-corrected chi connectivity index (χ4v) is 1.94. The monoisotopic (exact) mass is 236 g/mol. The fraction of sp³-hybridized carbons (Fsp3) is 0.364. The van der Waals surface area contributed by atoms with E-state index in [4.69, 9.17) is 4.74 Å². The van der Waals surface area contributed by atoms with Gasteiger partial charge in [-0.3, -0.25) is 4.79 Å². The number of carbonyl (C=O) groups is 1. The molecule has 0 atom stereocenters. The van der Waals surface area contributed by atoms with Crippen molar-refractivity contribution in [3.63, 3.8) is 0 Å². The van der Waals surface area contributed by atoms with Crippen LogP contribution in [0.2, 0.25) is 0 Å². The average Bonchev–Trinajstić information content (AvgIpc) is 2.75. The molecule has 2 rings (SSSR count). The topological polar surface area (TPSA) is 76.0 Å². The van der Waals surface area contributed by atoms with Gasteiger partial charge in [-0.15, -0.1) is 0 Å². The number of carbonyl (C=O) groups excluding carboxylic acids is 1. The van der Waals surface area contributed by atoms with E-state index < -0.39 is 7.12 Å². The second-order valence-electron chi connectivity index (χ2n) is 3.90. The van der Waals surface area contributed by atoms with Crippen molar-refractivity contribution in [3.8, 4) is 5.75 Å². The number of esters is 1. The summed E-state index contributed by atoms with van der Waals surface area (Å²) >= 11 is 0. The van der Waals surface area contributed by atoms with Crippen LogP contribution in [0, 0.1) is 0 Å². The molecule has 6 heteroatoms. The second-order valence-corrected chi connectivity index (χ2v) is 3.90. The number of ether oxygens (including phenoxy) is 2. The van der Waals surface area contributed by atoms with Gasteiger partial charge in [-0.1, -0.05) is 12.1 Å². The highest BCUT2D eigenvalue weighted by Gasteiger charge is 2.25. The van der Waals surface area contributed by atoms with Crippen molar-refractivity contribution in [1.29, 1.82) is 0 Å². The van der Waals surface area contributed by atoms with Gasteiger partial charge in [0.2, 0.25) is 0 Å². The first-order valence-corrected chi connectivity index (χ1v) is 5.33. The zero-order valence-corrected chi connectivity index (χ0v) is 9.47. The van der Waals surface area contributed by atoms with Gasteiger partial charge >= 0.3 is 13.1 Å². The number of benzene rings is 1. The van der Waals surface area contributed by atoms with Crippen LogP contribution in [0.25, 0.3) is 0 Å². The van der Waals surface area contributed by atoms with E-state index in [1.165, 1.54) is 7.11 Å². The highest BCUT2D eigenvalue weighted by atomic mass is 16.5. The summed E-state index contributed by atoms with van der Waals surface area (Å²) in [5.41, 5.74) is 1.90. The number of rotatable bonds is 3. The molecule has 0 radical (unpaired) electrons. The second kappa shape index (κ2) is 4.77. The number of hydrogen-bond donors (Lipinski definition) is 2. The normalized spacial score (nSPS) is 12.9. The van der Waals surface area contributed by atoms with Gasteiger partial charge in [0.25, 0.3) is 0 Å². The molecule has 0 saturated heterocycles. The molecule has 0 bridgehead atoms. The summed E-state index contributed by atoms with van der Waals surface area (Å²) in [4.78, 5) is 11.2. The molecule has 1 aromatic carbocycles. The maximum atomic E-state index is 11.2. The summed E-state index contributed by atoms with van der Waals surface area (Å²) in [6.07, 6.45) is 0.827. The Bertz CT molecular complexity index is 444. The summed E-state index contributed by atoms with van der Waals surface area (Å²) in [5, 5.41) is 18.5. The molecular weight excluding hydrogens is 223 g/mol. The molecule has 5 nitrogen and oxygen atoms in total. The van der Waals surface area contributed by atoms with E-state index >= 15 is 0 Å². The molecule has 0 unspecified atom stereocenters. The van der Waals surface area contributed by atoms with E-state index in [0.717, 1.165) is 5.56 Å². The van der Waals surface area contributed by atoms with Crippen LogP contribution in [0.3, 0.4) is 0 Å². The van der Waals surface area contributed by atoms with E-state index in [0.29, 0.717) is 29.8 Å². The highest BCUT2D eigenvalue weighted by molar-refractivity contribution is 6.59. The van der Waals surface area contributed by atoms with Gasteiger partial charge in [-0.25, -0.2) is 0 Å². The first-order valence-electron chi connectivity index (χ1n) is 5.33. The summed E-state index contributed by atoms with van der Waals surface area (Å²) in [6.45, 7) is 0.525. The lowest BCUT2D eigenvalue weighted by molar-refractivity contribution is -0.139. The van der Waals surface area contributed by atoms with E-state index in [1.807, 2.05) is 6.07 Å². The van der Waals surface area contributed by atoms with Crippen LogP contribution in [-0.4, -0.2) is 36.9 Å². The van der Waals surface area contributed by atoms with Crippen LogP contribution in [-0.2, 0) is 22.4 Å². The molecule has 1 aliphatic rings. The quantitative estimate of drug-likeness (QED) is 0.521. The van der Waals surface area contributed by atoms with Crippen LogP contribution < -0.4 is 10.2 Å². The van der Waals surface area contributed by atoms with Gasteiger partial charge < -0.3 is 19.5 Å². The summed E-state index contributed by atoms with van der Waals surface area (Å²) < 4.78 is 9.92. The van der Waals surface area contributed by atoms with Crippen molar-refractivity contribution in [3.05, 3.63) is 23.3 Å². The van der Waals surface area contributed by atoms with Crippen molar-refractivity contribution in [2.24, 2.45) is 0 Å². The number of methoxy groups -OCH3 is 1. The zero-order chi connectivity index (χ0) is 12.4. The van der Waals surface area contributed by atoms with E-state index in [-0.39, 0.29) is 12.4 Å². The lowest BCUT2D eigenvalue weighted by Crippen LogP contribution is -2.31. The molecule has 0 aliphatic carbocycles. The first-order chi connectivity index (χ1) is 8.11. The highest BCUT2D eigenvalue weighted by Crippen LogP contribution is 2.24. The minimum absolute atomic E-state index is 0.115. The Hall–Kier alpha value is -1.53. The minimum Gasteiger partial charge on any atom is -0.493 e. The fourth-order valence-electron chi connectivity index (χ4n) is 1.94. The van der Waals surface area contributed by atoms with Gasteiger partial charge in [0.1, 0.15) is 5.75 Å². The smallest absolute Gasteiger partial charge is 0.492 e. The molecule has 0 fully saturated rings. The lowest BCUT2D eigenvalue weighted by atomic mass is 9.77. The van der Waals surface area contributed by atoms with E-state index in [9.17, 15) is 14.8 Å². The third kappa shape index (κ3) is 2.43. The van der Waals surface area contributed by atoms with Crippen LogP contribution in [0.5, 0.6) is 5.75 Å². The van der Waals surface area contributed by atoms with E-state index in [1.54, 1.807) is 6.07 Å². The Morgan fingerprint density at radius 3 is 2.94 bits per heavy atom. The SMILES string of the molecule is COC(=O)Cc1cc2c(c(B(O)O)c1)OCC2. The van der Waals surface area contributed by atoms with Gasteiger partial charge in [0.15, 0.2) is 0 Å². The van der Waals surface area contributed by atoms with Gasteiger partial charge in [-0.2, -0.15) is 0 Å². The molecule has 2 N–H and O–H groups in total. The third-order valence-electron chi connectivity index (χ3n) is 2.73. The van der Waals surface area contributed by atoms with Crippen LogP contribution >= 0.6 is 0 Å². The summed E-state index contributed by atoms with van der Waals surface area (Å²) in [7, 11) is -0.278. The Morgan fingerprint density at radius 1 is 1.53 bits per heavy atom. The average molecular weight is 236 g/mol. The summed E-state index contributed by atoms with van der Waals surface area (Å²) in [5.74, 6) is 0.163. The van der Waals surface area contributed by atoms with Gasteiger partial charge in [0.05, 0.1) is 20.1 Å². The largest absolute Gasteiger partial charge is 0.493 e.